The smallest absolute Gasteiger partial charge is 0.0886 e. The van der Waals surface area contributed by atoms with E-state index in [4.69, 9.17) is 11.6 Å². The molecule has 0 N–H and O–H groups in total. The number of hydrogen-bond donors (Lipinski definition) is 0. The van der Waals surface area contributed by atoms with Gasteiger partial charge in [-0.15, -0.1) is 0 Å². The van der Waals surface area contributed by atoms with E-state index in [2.05, 4.69) is 219 Å². The van der Waals surface area contributed by atoms with Gasteiger partial charge in [-0.1, -0.05) is 103 Å². The van der Waals surface area contributed by atoms with E-state index >= 15 is 0 Å². The predicted molar refractivity (Wildman–Crippen MR) is 214 cm³/mol. The normalized spacial score (nSPS) is 11.2. The van der Waals surface area contributed by atoms with Crippen LogP contribution in [0.1, 0.15) is 0 Å². The van der Waals surface area contributed by atoms with E-state index in [0.29, 0.717) is 5.02 Å². The molecule has 9 rings (SSSR count). The first kappa shape index (κ1) is 30.6. The average molecular weight is 677 g/mol. The lowest BCUT2D eigenvalue weighted by Crippen LogP contribution is -2.10. The number of benzene rings is 7. The molecule has 0 radical (unpaired) electrons. The van der Waals surface area contributed by atoms with Gasteiger partial charge in [0.05, 0.1) is 38.8 Å². The number of fused-ring (bicyclic) bond motifs is 2. The Labute approximate surface area is 302 Å². The van der Waals surface area contributed by atoms with E-state index in [0.717, 1.165) is 67.3 Å². The van der Waals surface area contributed by atoms with Crippen LogP contribution in [0.4, 0.5) is 34.1 Å². The first-order valence-corrected chi connectivity index (χ1v) is 17.4. The van der Waals surface area contributed by atoms with Crippen LogP contribution in [0.25, 0.3) is 33.2 Å². The van der Waals surface area contributed by atoms with Gasteiger partial charge in [0, 0.05) is 45.9 Å². The standard InChI is InChI=1S/C46H33ClN4/c47-46-44(48-32-30-38-40(48)24-13-26-42(38)50(34-16-5-1-6-17-34)35-18-7-2-8-19-35)28-15-29-45(46)49-33-31-39-41(49)25-14-27-43(39)51(36-20-9-3-10-21-36)37-22-11-4-12-23-37/h1-33H. The maximum atomic E-state index is 7.42. The third-order valence-corrected chi connectivity index (χ3v) is 9.82. The van der Waals surface area contributed by atoms with Crippen LogP contribution in [0.2, 0.25) is 5.02 Å². The highest BCUT2D eigenvalue weighted by Crippen LogP contribution is 2.42. The SMILES string of the molecule is Clc1c(-n2ccc3c(N(c4ccccc4)c4ccccc4)cccc32)cccc1-n1ccc2c(N(c3ccccc3)c3ccccc3)cccc21. The highest BCUT2D eigenvalue weighted by Gasteiger charge is 2.20. The molecule has 0 aliphatic heterocycles. The Morgan fingerprint density at radius 2 is 0.667 bits per heavy atom. The Morgan fingerprint density at radius 3 is 1.02 bits per heavy atom. The second kappa shape index (κ2) is 13.1. The Kier molecular flexibility index (Phi) is 7.84. The zero-order valence-corrected chi connectivity index (χ0v) is 28.5. The molecule has 0 saturated carbocycles. The minimum atomic E-state index is 0.675. The summed E-state index contributed by atoms with van der Waals surface area (Å²) in [5, 5.41) is 2.93. The van der Waals surface area contributed by atoms with Gasteiger partial charge in [0.2, 0.25) is 0 Å². The molecule has 0 fully saturated rings. The van der Waals surface area contributed by atoms with Crippen molar-refractivity contribution in [3.8, 4) is 11.4 Å². The van der Waals surface area contributed by atoms with Gasteiger partial charge in [0.15, 0.2) is 0 Å². The third kappa shape index (κ3) is 5.43. The molecular weight excluding hydrogens is 644 g/mol. The summed E-state index contributed by atoms with van der Waals surface area (Å²) in [6.07, 6.45) is 4.24. The maximum Gasteiger partial charge on any atom is 0.0886 e. The monoisotopic (exact) mass is 676 g/mol. The maximum absolute atomic E-state index is 7.42. The fourth-order valence-corrected chi connectivity index (χ4v) is 7.46. The minimum absolute atomic E-state index is 0.675. The molecule has 0 bridgehead atoms. The van der Waals surface area contributed by atoms with Crippen molar-refractivity contribution in [3.63, 3.8) is 0 Å². The fourth-order valence-electron chi connectivity index (χ4n) is 7.16. The summed E-state index contributed by atoms with van der Waals surface area (Å²) in [4.78, 5) is 4.62. The molecule has 4 nitrogen and oxygen atoms in total. The molecule has 0 aliphatic rings. The van der Waals surface area contributed by atoms with Crippen LogP contribution < -0.4 is 9.80 Å². The summed E-state index contributed by atoms with van der Waals surface area (Å²) in [6.45, 7) is 0. The van der Waals surface area contributed by atoms with E-state index in [1.807, 2.05) is 0 Å². The summed E-state index contributed by atoms with van der Waals surface area (Å²) < 4.78 is 4.39. The van der Waals surface area contributed by atoms with E-state index in [1.165, 1.54) is 0 Å². The van der Waals surface area contributed by atoms with Gasteiger partial charge >= 0.3 is 0 Å². The van der Waals surface area contributed by atoms with Crippen molar-refractivity contribution in [3.05, 3.63) is 205 Å². The topological polar surface area (TPSA) is 16.3 Å². The lowest BCUT2D eigenvalue weighted by molar-refractivity contribution is 1.09. The zero-order chi connectivity index (χ0) is 34.1. The largest absolute Gasteiger partial charge is 0.315 e. The molecule has 0 spiro atoms. The summed E-state index contributed by atoms with van der Waals surface area (Å²) >= 11 is 7.42. The number of halogens is 1. The molecule has 0 atom stereocenters. The van der Waals surface area contributed by atoms with E-state index in [-0.39, 0.29) is 0 Å². The number of rotatable bonds is 8. The number of aromatic nitrogens is 2. The summed E-state index contributed by atoms with van der Waals surface area (Å²) in [5.41, 5.74) is 10.6. The van der Waals surface area contributed by atoms with Crippen molar-refractivity contribution in [2.24, 2.45) is 0 Å². The average Bonchev–Trinajstić information content (AvgIpc) is 3.83. The van der Waals surface area contributed by atoms with Gasteiger partial charge in [-0.3, -0.25) is 0 Å². The van der Waals surface area contributed by atoms with Crippen LogP contribution >= 0.6 is 11.6 Å². The molecule has 2 aromatic heterocycles. The lowest BCUT2D eigenvalue weighted by atomic mass is 10.1. The Bertz CT molecular complexity index is 2340. The molecule has 0 amide bonds. The van der Waals surface area contributed by atoms with Crippen LogP contribution in [0.5, 0.6) is 0 Å². The van der Waals surface area contributed by atoms with Crippen molar-refractivity contribution >= 4 is 67.5 Å². The van der Waals surface area contributed by atoms with Crippen LogP contribution in [0.15, 0.2) is 200 Å². The van der Waals surface area contributed by atoms with E-state index in [1.54, 1.807) is 0 Å². The first-order chi connectivity index (χ1) is 25.3. The molecule has 0 saturated heterocycles. The Morgan fingerprint density at radius 1 is 0.333 bits per heavy atom. The first-order valence-electron chi connectivity index (χ1n) is 17.1. The highest BCUT2D eigenvalue weighted by molar-refractivity contribution is 6.34. The molecule has 5 heteroatoms. The fraction of sp³-hybridized carbons (Fsp3) is 0. The summed E-state index contributed by atoms with van der Waals surface area (Å²) in [6, 6.07) is 65.6. The molecule has 0 unspecified atom stereocenters. The minimum Gasteiger partial charge on any atom is -0.315 e. The van der Waals surface area contributed by atoms with Gasteiger partial charge < -0.3 is 18.9 Å². The molecule has 9 aromatic rings. The molecule has 2 heterocycles. The van der Waals surface area contributed by atoms with Crippen molar-refractivity contribution in [2.75, 3.05) is 9.80 Å². The number of nitrogens with zero attached hydrogens (tertiary/aromatic N) is 4. The van der Waals surface area contributed by atoms with Crippen molar-refractivity contribution < 1.29 is 0 Å². The van der Waals surface area contributed by atoms with Crippen molar-refractivity contribution in [1.29, 1.82) is 0 Å². The molecule has 7 aromatic carbocycles. The lowest BCUT2D eigenvalue weighted by Gasteiger charge is -2.26. The van der Waals surface area contributed by atoms with Crippen LogP contribution in [-0.4, -0.2) is 9.13 Å². The summed E-state index contributed by atoms with van der Waals surface area (Å²) in [5.74, 6) is 0. The Hall–Kier alpha value is -6.49. The summed E-state index contributed by atoms with van der Waals surface area (Å²) in [7, 11) is 0. The Balaban J connectivity index is 1.16. The number of anilines is 6. The molecule has 0 aliphatic carbocycles. The van der Waals surface area contributed by atoms with Crippen molar-refractivity contribution in [1.82, 2.24) is 9.13 Å². The van der Waals surface area contributed by atoms with Crippen LogP contribution in [0.3, 0.4) is 0 Å². The van der Waals surface area contributed by atoms with Crippen molar-refractivity contribution in [2.45, 2.75) is 0 Å². The van der Waals surface area contributed by atoms with Gasteiger partial charge in [-0.25, -0.2) is 0 Å². The van der Waals surface area contributed by atoms with Gasteiger partial charge in [-0.05, 0) is 97.1 Å². The highest BCUT2D eigenvalue weighted by atomic mass is 35.5. The quantitative estimate of drug-likeness (QED) is 0.159. The van der Waals surface area contributed by atoms with Gasteiger partial charge in [-0.2, -0.15) is 0 Å². The molecule has 244 valence electrons. The number of para-hydroxylation sites is 4. The number of hydrogen-bond acceptors (Lipinski definition) is 2. The van der Waals surface area contributed by atoms with E-state index in [9.17, 15) is 0 Å². The molecule has 51 heavy (non-hydrogen) atoms. The van der Waals surface area contributed by atoms with Gasteiger partial charge in [0.1, 0.15) is 0 Å². The predicted octanol–water partition coefficient (Wildman–Crippen LogP) is 13.2. The zero-order valence-electron chi connectivity index (χ0n) is 27.7. The van der Waals surface area contributed by atoms with Gasteiger partial charge in [0.25, 0.3) is 0 Å². The third-order valence-electron chi connectivity index (χ3n) is 9.44. The van der Waals surface area contributed by atoms with E-state index < -0.39 is 0 Å². The van der Waals surface area contributed by atoms with Crippen LogP contribution in [0, 0.1) is 0 Å². The second-order valence-electron chi connectivity index (χ2n) is 12.4. The molecular formula is C46H33ClN4. The second-order valence-corrected chi connectivity index (χ2v) is 12.8. The van der Waals surface area contributed by atoms with Crippen LogP contribution in [-0.2, 0) is 0 Å².